The minimum absolute atomic E-state index is 0.667. The van der Waals surface area contributed by atoms with Crippen molar-refractivity contribution in [3.8, 4) is 0 Å². The Morgan fingerprint density at radius 1 is 1.33 bits per heavy atom. The minimum atomic E-state index is 0.667. The minimum Gasteiger partial charge on any atom is -0.339 e. The van der Waals surface area contributed by atoms with Gasteiger partial charge in [0.2, 0.25) is 5.89 Å². The van der Waals surface area contributed by atoms with Gasteiger partial charge >= 0.3 is 0 Å². The molecule has 1 saturated heterocycles. The maximum Gasteiger partial charge on any atom is 0.226 e. The Morgan fingerprint density at radius 2 is 2.19 bits per heavy atom. The van der Waals surface area contributed by atoms with Gasteiger partial charge in [0.25, 0.3) is 0 Å². The number of rotatable bonds is 5. The van der Waals surface area contributed by atoms with Crippen LogP contribution in [0.3, 0.4) is 0 Å². The Balaban J connectivity index is 1.52. The zero-order valence-electron chi connectivity index (χ0n) is 11.7. The number of benzene rings is 1. The van der Waals surface area contributed by atoms with Crippen molar-refractivity contribution >= 4 is 23.4 Å². The number of nitrogens with one attached hydrogen (secondary N) is 1. The lowest BCUT2D eigenvalue weighted by Crippen LogP contribution is -2.28. The fourth-order valence-corrected chi connectivity index (χ4v) is 3.52. The van der Waals surface area contributed by atoms with Gasteiger partial charge in [0.15, 0.2) is 5.82 Å². The van der Waals surface area contributed by atoms with Crippen molar-refractivity contribution in [2.75, 3.05) is 13.1 Å². The van der Waals surface area contributed by atoms with Gasteiger partial charge in [-0.3, -0.25) is 0 Å². The molecule has 1 aromatic carbocycles. The van der Waals surface area contributed by atoms with Crippen LogP contribution in [0.4, 0.5) is 0 Å². The van der Waals surface area contributed by atoms with Gasteiger partial charge in [0.1, 0.15) is 0 Å². The van der Waals surface area contributed by atoms with Gasteiger partial charge in [-0.25, -0.2) is 0 Å². The Morgan fingerprint density at radius 3 is 3.00 bits per heavy atom. The molecule has 4 nitrogen and oxygen atoms in total. The third kappa shape index (κ3) is 4.46. The Bertz CT molecular complexity index is 584. The second-order valence-corrected chi connectivity index (χ2v) is 6.73. The molecule has 6 heteroatoms. The highest BCUT2D eigenvalue weighted by Gasteiger charge is 2.17. The monoisotopic (exact) mass is 323 g/mol. The summed E-state index contributed by atoms with van der Waals surface area (Å²) in [5, 5.41) is 8.18. The molecular formula is C15H18ClN3OS. The van der Waals surface area contributed by atoms with Gasteiger partial charge in [0, 0.05) is 16.3 Å². The number of aromatic nitrogens is 2. The van der Waals surface area contributed by atoms with E-state index in [1.807, 2.05) is 24.3 Å². The first-order valence-electron chi connectivity index (χ1n) is 7.20. The molecule has 1 fully saturated rings. The van der Waals surface area contributed by atoms with E-state index in [-0.39, 0.29) is 0 Å². The first-order chi connectivity index (χ1) is 10.3. The highest BCUT2D eigenvalue weighted by molar-refractivity contribution is 7.98. The highest BCUT2D eigenvalue weighted by Crippen LogP contribution is 2.24. The predicted octanol–water partition coefficient (Wildman–Crippen LogP) is 3.56. The van der Waals surface area contributed by atoms with Crippen LogP contribution in [0.15, 0.2) is 33.7 Å². The molecule has 1 aromatic heterocycles. The van der Waals surface area contributed by atoms with Gasteiger partial charge in [-0.1, -0.05) is 22.8 Å². The lowest BCUT2D eigenvalue weighted by atomic mass is 9.95. The van der Waals surface area contributed by atoms with Crippen molar-refractivity contribution in [1.29, 1.82) is 0 Å². The smallest absolute Gasteiger partial charge is 0.226 e. The highest BCUT2D eigenvalue weighted by atomic mass is 35.5. The molecule has 3 rings (SSSR count). The summed E-state index contributed by atoms with van der Waals surface area (Å²) in [5.41, 5.74) is 0. The summed E-state index contributed by atoms with van der Waals surface area (Å²) in [7, 11) is 0. The molecule has 1 aliphatic heterocycles. The molecule has 0 spiro atoms. The predicted molar refractivity (Wildman–Crippen MR) is 84.6 cm³/mol. The maximum atomic E-state index is 5.97. The zero-order chi connectivity index (χ0) is 14.5. The average Bonchev–Trinajstić information content (AvgIpc) is 2.94. The van der Waals surface area contributed by atoms with Crippen LogP contribution < -0.4 is 5.32 Å². The molecule has 0 atom stereocenters. The van der Waals surface area contributed by atoms with Gasteiger partial charge in [-0.15, -0.1) is 11.8 Å². The quantitative estimate of drug-likeness (QED) is 0.853. The summed E-state index contributed by atoms with van der Waals surface area (Å²) >= 11 is 7.64. The fraction of sp³-hybridized carbons (Fsp3) is 0.467. The molecule has 0 bridgehead atoms. The van der Waals surface area contributed by atoms with Gasteiger partial charge < -0.3 is 9.84 Å². The molecule has 0 unspecified atom stereocenters. The van der Waals surface area contributed by atoms with Crippen LogP contribution in [0.25, 0.3) is 0 Å². The van der Waals surface area contributed by atoms with Crippen molar-refractivity contribution in [2.24, 2.45) is 5.92 Å². The van der Waals surface area contributed by atoms with Crippen LogP contribution in [0.5, 0.6) is 0 Å². The van der Waals surface area contributed by atoms with E-state index < -0.39 is 0 Å². The van der Waals surface area contributed by atoms with Gasteiger partial charge in [-0.2, -0.15) is 4.98 Å². The number of thioether (sulfide) groups is 1. The molecule has 112 valence electrons. The number of hydrogen-bond acceptors (Lipinski definition) is 5. The van der Waals surface area contributed by atoms with Gasteiger partial charge in [-0.05, 0) is 50.0 Å². The first-order valence-corrected chi connectivity index (χ1v) is 8.56. The summed E-state index contributed by atoms with van der Waals surface area (Å²) in [6.45, 7) is 2.19. The van der Waals surface area contributed by atoms with Crippen LogP contribution in [0.1, 0.15) is 24.6 Å². The molecule has 1 N–H and O–H groups in total. The lowest BCUT2D eigenvalue weighted by molar-refractivity contribution is 0.312. The number of nitrogens with zero attached hydrogens (tertiary/aromatic N) is 2. The summed E-state index contributed by atoms with van der Waals surface area (Å²) in [5.74, 6) is 2.89. The third-order valence-electron chi connectivity index (χ3n) is 3.60. The second kappa shape index (κ2) is 7.29. The molecular weight excluding hydrogens is 306 g/mol. The van der Waals surface area contributed by atoms with E-state index in [2.05, 4.69) is 15.5 Å². The molecule has 0 saturated carbocycles. The molecule has 2 aromatic rings. The summed E-state index contributed by atoms with van der Waals surface area (Å²) < 4.78 is 5.36. The third-order valence-corrected chi connectivity index (χ3v) is 4.82. The van der Waals surface area contributed by atoms with E-state index in [1.54, 1.807) is 11.8 Å². The van der Waals surface area contributed by atoms with Crippen LogP contribution in [0, 0.1) is 5.92 Å². The van der Waals surface area contributed by atoms with E-state index >= 15 is 0 Å². The summed E-state index contributed by atoms with van der Waals surface area (Å²) in [6.07, 6.45) is 3.28. The normalized spacial score (nSPS) is 16.2. The lowest BCUT2D eigenvalue weighted by Gasteiger charge is -2.20. The van der Waals surface area contributed by atoms with E-state index in [1.165, 1.54) is 12.8 Å². The molecule has 21 heavy (non-hydrogen) atoms. The first kappa shape index (κ1) is 14.9. The van der Waals surface area contributed by atoms with Crippen molar-refractivity contribution in [3.05, 3.63) is 41.0 Å². The largest absolute Gasteiger partial charge is 0.339 e. The number of halogens is 1. The fourth-order valence-electron chi connectivity index (χ4n) is 2.47. The van der Waals surface area contributed by atoms with Crippen LogP contribution >= 0.6 is 23.4 Å². The van der Waals surface area contributed by atoms with E-state index in [0.29, 0.717) is 11.7 Å². The topological polar surface area (TPSA) is 51.0 Å². The van der Waals surface area contributed by atoms with E-state index in [4.69, 9.17) is 16.1 Å². The average molecular weight is 324 g/mol. The van der Waals surface area contributed by atoms with E-state index in [9.17, 15) is 0 Å². The zero-order valence-corrected chi connectivity index (χ0v) is 13.3. The van der Waals surface area contributed by atoms with Crippen molar-refractivity contribution in [1.82, 2.24) is 15.5 Å². The second-order valence-electron chi connectivity index (χ2n) is 5.25. The number of hydrogen-bond donors (Lipinski definition) is 1. The van der Waals surface area contributed by atoms with Crippen LogP contribution in [0.2, 0.25) is 5.02 Å². The Hall–Kier alpha value is -1.04. The van der Waals surface area contributed by atoms with Gasteiger partial charge in [0.05, 0.1) is 5.75 Å². The summed E-state index contributed by atoms with van der Waals surface area (Å²) in [6, 6.07) is 7.80. The summed E-state index contributed by atoms with van der Waals surface area (Å²) in [4.78, 5) is 5.61. The van der Waals surface area contributed by atoms with E-state index in [0.717, 1.165) is 41.1 Å². The van der Waals surface area contributed by atoms with Crippen molar-refractivity contribution < 1.29 is 4.52 Å². The standard InChI is InChI=1S/C15H18ClN3OS/c16-12-2-1-3-13(9-12)21-10-14-18-15(20-19-14)8-11-4-6-17-7-5-11/h1-3,9,11,17H,4-8,10H2. The molecule has 0 aliphatic carbocycles. The molecule has 0 amide bonds. The molecule has 0 radical (unpaired) electrons. The Kier molecular flexibility index (Phi) is 5.17. The molecule has 2 heterocycles. The molecule has 1 aliphatic rings. The maximum absolute atomic E-state index is 5.97. The SMILES string of the molecule is Clc1cccc(SCc2noc(CC3CCNCC3)n2)c1. The van der Waals surface area contributed by atoms with Crippen molar-refractivity contribution in [3.63, 3.8) is 0 Å². The van der Waals surface area contributed by atoms with Crippen LogP contribution in [-0.2, 0) is 12.2 Å². The van der Waals surface area contributed by atoms with Crippen molar-refractivity contribution in [2.45, 2.75) is 29.9 Å². The number of piperidine rings is 1. The Labute approximate surface area is 133 Å². The van der Waals surface area contributed by atoms with Crippen LogP contribution in [-0.4, -0.2) is 23.2 Å².